The van der Waals surface area contributed by atoms with E-state index in [-0.39, 0.29) is 0 Å². The Morgan fingerprint density at radius 1 is 1.47 bits per heavy atom. The van der Waals surface area contributed by atoms with E-state index in [9.17, 15) is 4.79 Å². The summed E-state index contributed by atoms with van der Waals surface area (Å²) in [5.74, 6) is 0.493. The zero-order valence-corrected chi connectivity index (χ0v) is 9.90. The van der Waals surface area contributed by atoms with Gasteiger partial charge in [0, 0.05) is 24.0 Å². The minimum Gasteiger partial charge on any atom is -0.453 e. The lowest BCUT2D eigenvalue weighted by Gasteiger charge is -2.17. The van der Waals surface area contributed by atoms with E-state index in [1.165, 1.54) is 5.56 Å². The van der Waals surface area contributed by atoms with Gasteiger partial charge >= 0.3 is 0 Å². The molecule has 0 unspecified atom stereocenters. The van der Waals surface area contributed by atoms with Crippen LogP contribution in [0.2, 0.25) is 0 Å². The maximum atomic E-state index is 11.1. The van der Waals surface area contributed by atoms with Crippen LogP contribution in [0.4, 0.5) is 0 Å². The molecule has 0 amide bonds. The number of likely N-dealkylation sites (N-methyl/N-ethyl adjacent to an activating group) is 1. The molecular weight excluding hydrogens is 214 g/mol. The molecule has 0 fully saturated rings. The second-order valence-corrected chi connectivity index (χ2v) is 4.47. The zero-order valence-electron chi connectivity index (χ0n) is 9.90. The van der Waals surface area contributed by atoms with Crippen LogP contribution in [0.1, 0.15) is 28.6 Å². The standard InChI is InChI=1S/C14H15NO2/c1-2-15-7-6-10-4-3-5-12-14(10)11(8-15)13(9-16)17-12/h3-5,9H,2,6-8H2,1H3. The summed E-state index contributed by atoms with van der Waals surface area (Å²) in [6.07, 6.45) is 1.86. The fraction of sp³-hybridized carbons (Fsp3) is 0.357. The average Bonchev–Trinajstić information content (AvgIpc) is 2.60. The molecule has 3 nitrogen and oxygen atoms in total. The van der Waals surface area contributed by atoms with Crippen molar-refractivity contribution in [1.82, 2.24) is 4.90 Å². The van der Waals surface area contributed by atoms with E-state index in [4.69, 9.17) is 4.42 Å². The van der Waals surface area contributed by atoms with E-state index >= 15 is 0 Å². The number of benzene rings is 1. The highest BCUT2D eigenvalue weighted by Gasteiger charge is 2.21. The third kappa shape index (κ3) is 1.58. The van der Waals surface area contributed by atoms with Crippen molar-refractivity contribution in [2.75, 3.05) is 13.1 Å². The highest BCUT2D eigenvalue weighted by molar-refractivity contribution is 5.92. The van der Waals surface area contributed by atoms with Crippen LogP contribution in [0.15, 0.2) is 22.6 Å². The monoisotopic (exact) mass is 229 g/mol. The van der Waals surface area contributed by atoms with Gasteiger partial charge in [-0.1, -0.05) is 19.1 Å². The normalized spacial score (nSPS) is 16.1. The summed E-state index contributed by atoms with van der Waals surface area (Å²) in [7, 11) is 0. The fourth-order valence-electron chi connectivity index (χ4n) is 2.62. The summed E-state index contributed by atoms with van der Waals surface area (Å²) < 4.78 is 5.61. The minimum absolute atomic E-state index is 0.493. The van der Waals surface area contributed by atoms with Crippen molar-refractivity contribution in [2.24, 2.45) is 0 Å². The fourth-order valence-corrected chi connectivity index (χ4v) is 2.62. The van der Waals surface area contributed by atoms with Gasteiger partial charge in [0.2, 0.25) is 0 Å². The topological polar surface area (TPSA) is 33.5 Å². The van der Waals surface area contributed by atoms with Gasteiger partial charge in [0.15, 0.2) is 12.0 Å². The van der Waals surface area contributed by atoms with Crippen molar-refractivity contribution < 1.29 is 9.21 Å². The van der Waals surface area contributed by atoms with E-state index in [1.54, 1.807) is 0 Å². The highest BCUT2D eigenvalue weighted by atomic mass is 16.3. The molecule has 2 heterocycles. The summed E-state index contributed by atoms with van der Waals surface area (Å²) in [4.78, 5) is 13.4. The molecule has 1 aromatic carbocycles. The van der Waals surface area contributed by atoms with Crippen molar-refractivity contribution in [1.29, 1.82) is 0 Å². The first kappa shape index (κ1) is 10.5. The molecule has 0 spiro atoms. The third-order valence-corrected chi connectivity index (χ3v) is 3.56. The number of aldehydes is 1. The molecule has 0 radical (unpaired) electrons. The highest BCUT2D eigenvalue weighted by Crippen LogP contribution is 2.31. The number of hydrogen-bond donors (Lipinski definition) is 0. The zero-order chi connectivity index (χ0) is 11.8. The van der Waals surface area contributed by atoms with Crippen molar-refractivity contribution in [3.63, 3.8) is 0 Å². The van der Waals surface area contributed by atoms with Gasteiger partial charge < -0.3 is 4.42 Å². The van der Waals surface area contributed by atoms with Crippen LogP contribution < -0.4 is 0 Å². The Labute approximate surface area is 100 Å². The van der Waals surface area contributed by atoms with E-state index in [0.717, 1.165) is 48.9 Å². The predicted molar refractivity (Wildman–Crippen MR) is 66.3 cm³/mol. The van der Waals surface area contributed by atoms with E-state index in [0.29, 0.717) is 5.76 Å². The lowest BCUT2D eigenvalue weighted by molar-refractivity contribution is 0.110. The summed E-state index contributed by atoms with van der Waals surface area (Å²) in [6.45, 7) is 5.00. The number of furan rings is 1. The van der Waals surface area contributed by atoms with Crippen LogP contribution in [0.25, 0.3) is 11.0 Å². The van der Waals surface area contributed by atoms with Crippen LogP contribution in [0.3, 0.4) is 0 Å². The molecule has 0 aliphatic carbocycles. The quantitative estimate of drug-likeness (QED) is 0.742. The Morgan fingerprint density at radius 3 is 3.12 bits per heavy atom. The number of carbonyl (C=O) groups excluding carboxylic acids is 1. The first-order valence-electron chi connectivity index (χ1n) is 6.04. The Hall–Kier alpha value is -1.61. The molecule has 1 aromatic heterocycles. The Balaban J connectivity index is 2.26. The Bertz CT molecular complexity index is 571. The summed E-state index contributed by atoms with van der Waals surface area (Å²) in [5.41, 5.74) is 3.20. The maximum absolute atomic E-state index is 11.1. The largest absolute Gasteiger partial charge is 0.453 e. The van der Waals surface area contributed by atoms with Crippen molar-refractivity contribution >= 4 is 17.3 Å². The molecular formula is C14H15NO2. The smallest absolute Gasteiger partial charge is 0.185 e. The molecule has 1 aliphatic rings. The van der Waals surface area contributed by atoms with Gasteiger partial charge in [0.1, 0.15) is 5.58 Å². The second kappa shape index (κ2) is 4.00. The number of rotatable bonds is 2. The molecule has 0 atom stereocenters. The molecule has 0 bridgehead atoms. The van der Waals surface area contributed by atoms with Gasteiger partial charge in [0.25, 0.3) is 0 Å². The Morgan fingerprint density at radius 2 is 2.35 bits per heavy atom. The minimum atomic E-state index is 0.493. The maximum Gasteiger partial charge on any atom is 0.185 e. The number of carbonyl (C=O) groups is 1. The second-order valence-electron chi connectivity index (χ2n) is 4.47. The number of nitrogens with zero attached hydrogens (tertiary/aromatic N) is 1. The first-order valence-corrected chi connectivity index (χ1v) is 6.04. The van der Waals surface area contributed by atoms with Gasteiger partial charge in [-0.25, -0.2) is 0 Å². The molecule has 0 saturated carbocycles. The molecule has 3 heteroatoms. The van der Waals surface area contributed by atoms with Crippen LogP contribution in [0, 0.1) is 0 Å². The molecule has 0 saturated heterocycles. The van der Waals surface area contributed by atoms with Gasteiger partial charge in [-0.3, -0.25) is 9.69 Å². The SMILES string of the molecule is CCN1CCc2cccc3oc(C=O)c(c23)C1. The van der Waals surface area contributed by atoms with Crippen LogP contribution in [-0.2, 0) is 13.0 Å². The molecule has 2 aromatic rings. The van der Waals surface area contributed by atoms with Gasteiger partial charge in [0.05, 0.1) is 0 Å². The molecule has 0 N–H and O–H groups in total. The molecule has 3 rings (SSSR count). The third-order valence-electron chi connectivity index (χ3n) is 3.56. The van der Waals surface area contributed by atoms with Crippen LogP contribution >= 0.6 is 0 Å². The number of hydrogen-bond acceptors (Lipinski definition) is 3. The van der Waals surface area contributed by atoms with Crippen molar-refractivity contribution in [3.05, 3.63) is 35.1 Å². The molecule has 1 aliphatic heterocycles. The van der Waals surface area contributed by atoms with Crippen LogP contribution in [0.5, 0.6) is 0 Å². The van der Waals surface area contributed by atoms with Gasteiger partial charge in [-0.05, 0) is 24.6 Å². The van der Waals surface area contributed by atoms with E-state index in [2.05, 4.69) is 17.9 Å². The van der Waals surface area contributed by atoms with Gasteiger partial charge in [-0.2, -0.15) is 0 Å². The van der Waals surface area contributed by atoms with Crippen molar-refractivity contribution in [3.8, 4) is 0 Å². The van der Waals surface area contributed by atoms with E-state index in [1.807, 2.05) is 12.1 Å². The lowest BCUT2D eigenvalue weighted by atomic mass is 10.0. The Kier molecular flexibility index (Phi) is 2.48. The molecule has 17 heavy (non-hydrogen) atoms. The summed E-state index contributed by atoms with van der Waals surface area (Å²) >= 11 is 0. The molecule has 88 valence electrons. The average molecular weight is 229 g/mol. The summed E-state index contributed by atoms with van der Waals surface area (Å²) in [6, 6.07) is 6.08. The first-order chi connectivity index (χ1) is 8.33. The lowest BCUT2D eigenvalue weighted by Crippen LogP contribution is -2.24. The van der Waals surface area contributed by atoms with Crippen molar-refractivity contribution in [2.45, 2.75) is 19.9 Å². The van der Waals surface area contributed by atoms with Crippen LogP contribution in [-0.4, -0.2) is 24.3 Å². The van der Waals surface area contributed by atoms with Gasteiger partial charge in [-0.15, -0.1) is 0 Å². The van der Waals surface area contributed by atoms with E-state index < -0.39 is 0 Å². The summed E-state index contributed by atoms with van der Waals surface area (Å²) in [5, 5.41) is 1.16. The predicted octanol–water partition coefficient (Wildman–Crippen LogP) is 2.62.